The maximum Gasteiger partial charge on any atom is 0.151 e. The highest BCUT2D eigenvalue weighted by Crippen LogP contribution is 2.30. The van der Waals surface area contributed by atoms with E-state index < -0.39 is 0 Å². The fraction of sp³-hybridized carbons (Fsp3) is 0.333. The number of ether oxygens (including phenoxy) is 1. The van der Waals surface area contributed by atoms with Gasteiger partial charge in [-0.1, -0.05) is 13.0 Å². The second-order valence-corrected chi connectivity index (χ2v) is 4.40. The number of hydrogen-bond acceptors (Lipinski definition) is 4. The molecule has 2 aromatic rings. The highest BCUT2D eigenvalue weighted by molar-refractivity contribution is 5.69. The van der Waals surface area contributed by atoms with Crippen LogP contribution in [0.3, 0.4) is 0 Å². The third-order valence-corrected chi connectivity index (χ3v) is 3.17. The Morgan fingerprint density at radius 2 is 2.00 bits per heavy atom. The van der Waals surface area contributed by atoms with E-state index in [4.69, 9.17) is 4.74 Å². The third kappa shape index (κ3) is 2.67. The molecule has 19 heavy (non-hydrogen) atoms. The number of nitrogens with one attached hydrogen (secondary N) is 1. The molecule has 0 unspecified atom stereocenters. The van der Waals surface area contributed by atoms with Crippen LogP contribution in [0.4, 0.5) is 5.82 Å². The highest BCUT2D eigenvalue weighted by Gasteiger charge is 2.10. The van der Waals surface area contributed by atoms with E-state index in [0.717, 1.165) is 34.8 Å². The van der Waals surface area contributed by atoms with Gasteiger partial charge in [0, 0.05) is 12.6 Å². The van der Waals surface area contributed by atoms with Gasteiger partial charge in [-0.3, -0.25) is 0 Å². The number of aryl methyl sites for hydroxylation is 2. The lowest BCUT2D eigenvalue weighted by Gasteiger charge is -2.11. The summed E-state index contributed by atoms with van der Waals surface area (Å²) >= 11 is 0. The largest absolute Gasteiger partial charge is 0.496 e. The molecule has 0 aliphatic carbocycles. The summed E-state index contributed by atoms with van der Waals surface area (Å²) in [5.74, 6) is 1.62. The Morgan fingerprint density at radius 3 is 2.58 bits per heavy atom. The molecule has 1 aromatic carbocycles. The summed E-state index contributed by atoms with van der Waals surface area (Å²) in [6.07, 6.45) is 0.984. The van der Waals surface area contributed by atoms with Gasteiger partial charge >= 0.3 is 0 Å². The van der Waals surface area contributed by atoms with Crippen molar-refractivity contribution in [3.8, 4) is 17.0 Å². The number of rotatable bonds is 4. The van der Waals surface area contributed by atoms with Crippen molar-refractivity contribution in [2.45, 2.75) is 20.3 Å². The van der Waals surface area contributed by atoms with Gasteiger partial charge in [-0.05, 0) is 42.7 Å². The average Bonchev–Trinajstić information content (AvgIpc) is 2.46. The fourth-order valence-electron chi connectivity index (χ4n) is 2.04. The van der Waals surface area contributed by atoms with E-state index in [1.807, 2.05) is 26.1 Å². The monoisotopic (exact) mass is 257 g/mol. The fourth-order valence-corrected chi connectivity index (χ4v) is 2.04. The first-order valence-corrected chi connectivity index (χ1v) is 6.39. The van der Waals surface area contributed by atoms with Crippen LogP contribution in [-0.2, 0) is 6.42 Å². The minimum Gasteiger partial charge on any atom is -0.496 e. The predicted octanol–water partition coefficient (Wildman–Crippen LogP) is 3.06. The van der Waals surface area contributed by atoms with Gasteiger partial charge in [0.2, 0.25) is 0 Å². The average molecular weight is 257 g/mol. The molecular weight excluding hydrogens is 238 g/mol. The molecule has 0 fully saturated rings. The quantitative estimate of drug-likeness (QED) is 0.914. The van der Waals surface area contributed by atoms with Crippen molar-refractivity contribution in [1.29, 1.82) is 0 Å². The van der Waals surface area contributed by atoms with Crippen LogP contribution in [0.1, 0.15) is 18.1 Å². The van der Waals surface area contributed by atoms with Crippen LogP contribution >= 0.6 is 0 Å². The van der Waals surface area contributed by atoms with Gasteiger partial charge in [-0.2, -0.15) is 0 Å². The molecular formula is C15H19N3O. The van der Waals surface area contributed by atoms with Crippen molar-refractivity contribution in [3.63, 3.8) is 0 Å². The first-order valence-electron chi connectivity index (χ1n) is 6.39. The molecule has 4 heteroatoms. The Balaban J connectivity index is 2.53. The summed E-state index contributed by atoms with van der Waals surface area (Å²) in [4.78, 5) is 0. The van der Waals surface area contributed by atoms with E-state index >= 15 is 0 Å². The lowest BCUT2D eigenvalue weighted by molar-refractivity contribution is 0.416. The molecule has 0 aliphatic heterocycles. The zero-order valence-electron chi connectivity index (χ0n) is 11.8. The summed E-state index contributed by atoms with van der Waals surface area (Å²) in [5, 5.41) is 11.5. The number of anilines is 1. The summed E-state index contributed by atoms with van der Waals surface area (Å²) < 4.78 is 5.41. The molecule has 0 atom stereocenters. The maximum atomic E-state index is 5.41. The SMILES string of the molecule is CCc1ccc(OC)c(-c2cc(C)c(NC)nn2)c1. The van der Waals surface area contributed by atoms with Gasteiger partial charge in [-0.25, -0.2) is 0 Å². The third-order valence-electron chi connectivity index (χ3n) is 3.17. The zero-order chi connectivity index (χ0) is 13.8. The summed E-state index contributed by atoms with van der Waals surface area (Å²) in [6.45, 7) is 4.15. The van der Waals surface area contributed by atoms with Crippen molar-refractivity contribution < 1.29 is 4.74 Å². The van der Waals surface area contributed by atoms with Crippen LogP contribution in [0.15, 0.2) is 24.3 Å². The van der Waals surface area contributed by atoms with Crippen LogP contribution < -0.4 is 10.1 Å². The number of hydrogen-bond donors (Lipinski definition) is 1. The standard InChI is InChI=1S/C15H19N3O/c1-5-11-6-7-14(19-4)12(9-11)13-8-10(2)15(16-3)18-17-13/h6-9H,5H2,1-4H3,(H,16,18). The number of benzene rings is 1. The van der Waals surface area contributed by atoms with Gasteiger partial charge in [0.05, 0.1) is 12.8 Å². The molecule has 1 N–H and O–H groups in total. The van der Waals surface area contributed by atoms with E-state index in [-0.39, 0.29) is 0 Å². The van der Waals surface area contributed by atoms with Crippen LogP contribution in [0.2, 0.25) is 0 Å². The smallest absolute Gasteiger partial charge is 0.151 e. The Kier molecular flexibility index (Phi) is 4.00. The molecule has 0 saturated carbocycles. The molecule has 0 bridgehead atoms. The first-order chi connectivity index (χ1) is 9.19. The van der Waals surface area contributed by atoms with Crippen molar-refractivity contribution in [3.05, 3.63) is 35.4 Å². The number of nitrogens with zero attached hydrogens (tertiary/aromatic N) is 2. The molecule has 100 valence electrons. The van der Waals surface area contributed by atoms with E-state index in [1.54, 1.807) is 7.11 Å². The molecule has 1 heterocycles. The van der Waals surface area contributed by atoms with Gasteiger partial charge < -0.3 is 10.1 Å². The number of methoxy groups -OCH3 is 1. The van der Waals surface area contributed by atoms with Gasteiger partial charge in [0.25, 0.3) is 0 Å². The van der Waals surface area contributed by atoms with Crippen molar-refractivity contribution >= 4 is 5.82 Å². The lowest BCUT2D eigenvalue weighted by atomic mass is 10.0. The minimum absolute atomic E-state index is 0.800. The summed E-state index contributed by atoms with van der Waals surface area (Å²) in [7, 11) is 3.52. The maximum absolute atomic E-state index is 5.41. The van der Waals surface area contributed by atoms with Crippen LogP contribution in [0.25, 0.3) is 11.3 Å². The van der Waals surface area contributed by atoms with E-state index in [2.05, 4.69) is 34.6 Å². The molecule has 1 aromatic heterocycles. The molecule has 0 amide bonds. The highest BCUT2D eigenvalue weighted by atomic mass is 16.5. The predicted molar refractivity (Wildman–Crippen MR) is 77.7 cm³/mol. The topological polar surface area (TPSA) is 47.0 Å². The Labute approximate surface area is 113 Å². The summed E-state index contributed by atoms with van der Waals surface area (Å²) in [6, 6.07) is 8.19. The summed E-state index contributed by atoms with van der Waals surface area (Å²) in [5.41, 5.74) is 4.15. The minimum atomic E-state index is 0.800. The second kappa shape index (κ2) is 5.69. The molecule has 0 radical (unpaired) electrons. The molecule has 0 saturated heterocycles. The Morgan fingerprint density at radius 1 is 1.21 bits per heavy atom. The van der Waals surface area contributed by atoms with Crippen LogP contribution in [0, 0.1) is 6.92 Å². The van der Waals surface area contributed by atoms with Crippen molar-refractivity contribution in [2.24, 2.45) is 0 Å². The van der Waals surface area contributed by atoms with E-state index in [0.29, 0.717) is 0 Å². The second-order valence-electron chi connectivity index (χ2n) is 4.40. The van der Waals surface area contributed by atoms with Gasteiger partial charge in [-0.15, -0.1) is 10.2 Å². The Bertz CT molecular complexity index is 582. The van der Waals surface area contributed by atoms with Crippen molar-refractivity contribution in [2.75, 3.05) is 19.5 Å². The molecule has 0 spiro atoms. The molecule has 0 aliphatic rings. The number of aromatic nitrogens is 2. The van der Waals surface area contributed by atoms with E-state index in [9.17, 15) is 0 Å². The first kappa shape index (κ1) is 13.3. The Hall–Kier alpha value is -2.10. The molecule has 4 nitrogen and oxygen atoms in total. The lowest BCUT2D eigenvalue weighted by Crippen LogP contribution is -2.00. The van der Waals surface area contributed by atoms with E-state index in [1.165, 1.54) is 5.56 Å². The van der Waals surface area contributed by atoms with Gasteiger partial charge in [0.1, 0.15) is 5.75 Å². The van der Waals surface area contributed by atoms with Crippen LogP contribution in [0.5, 0.6) is 5.75 Å². The van der Waals surface area contributed by atoms with Crippen LogP contribution in [-0.4, -0.2) is 24.4 Å². The van der Waals surface area contributed by atoms with Crippen molar-refractivity contribution in [1.82, 2.24) is 10.2 Å². The van der Waals surface area contributed by atoms with Gasteiger partial charge in [0.15, 0.2) is 5.82 Å². The molecule has 2 rings (SSSR count). The zero-order valence-corrected chi connectivity index (χ0v) is 11.8. The normalized spacial score (nSPS) is 10.3.